The summed E-state index contributed by atoms with van der Waals surface area (Å²) in [4.78, 5) is 11.3. The molecule has 0 aliphatic heterocycles. The third-order valence-electron chi connectivity index (χ3n) is 2.48. The molecule has 0 unspecified atom stereocenters. The lowest BCUT2D eigenvalue weighted by molar-refractivity contribution is -0.121. The first kappa shape index (κ1) is 14.6. The first-order valence-electron chi connectivity index (χ1n) is 6.32. The van der Waals surface area contributed by atoms with Crippen LogP contribution < -0.4 is 10.6 Å². The Hall–Kier alpha value is -1.42. The van der Waals surface area contributed by atoms with Crippen LogP contribution in [0.1, 0.15) is 25.8 Å². The molecule has 0 saturated carbocycles. The van der Waals surface area contributed by atoms with Gasteiger partial charge in [-0.05, 0) is 44.5 Å². The van der Waals surface area contributed by atoms with Crippen molar-refractivity contribution in [1.29, 1.82) is 0 Å². The third kappa shape index (κ3) is 6.35. The maximum Gasteiger partial charge on any atom is 0.221 e. The molecule has 100 valence electrons. The number of carbonyl (C=O) groups excluding carboxylic acids is 1. The molecule has 0 aromatic heterocycles. The molecule has 1 aromatic rings. The van der Waals surface area contributed by atoms with Gasteiger partial charge in [-0.2, -0.15) is 0 Å². The molecule has 0 bridgehead atoms. The Balaban J connectivity index is 2.08. The maximum atomic E-state index is 12.7. The Morgan fingerprint density at radius 1 is 1.22 bits per heavy atom. The van der Waals surface area contributed by atoms with Gasteiger partial charge in [0.05, 0.1) is 0 Å². The summed E-state index contributed by atoms with van der Waals surface area (Å²) in [7, 11) is 0. The van der Waals surface area contributed by atoms with Gasteiger partial charge in [-0.15, -0.1) is 0 Å². The molecule has 18 heavy (non-hydrogen) atoms. The highest BCUT2D eigenvalue weighted by Crippen LogP contribution is 2.02. The predicted octanol–water partition coefficient (Wildman–Crippen LogP) is 1.87. The van der Waals surface area contributed by atoms with Gasteiger partial charge in [-0.1, -0.05) is 12.1 Å². The average Bonchev–Trinajstić information content (AvgIpc) is 2.30. The number of benzene rings is 1. The molecule has 0 aliphatic rings. The van der Waals surface area contributed by atoms with Crippen LogP contribution in [-0.4, -0.2) is 25.0 Å². The van der Waals surface area contributed by atoms with Crippen LogP contribution in [0.5, 0.6) is 0 Å². The highest BCUT2D eigenvalue weighted by atomic mass is 19.1. The lowest BCUT2D eigenvalue weighted by atomic mass is 10.1. The predicted molar refractivity (Wildman–Crippen MR) is 70.9 cm³/mol. The molecule has 0 heterocycles. The van der Waals surface area contributed by atoms with Gasteiger partial charge in [0.1, 0.15) is 5.82 Å². The van der Waals surface area contributed by atoms with Gasteiger partial charge in [0.15, 0.2) is 0 Å². The minimum Gasteiger partial charge on any atom is -0.354 e. The molecule has 0 aliphatic carbocycles. The van der Waals surface area contributed by atoms with Crippen molar-refractivity contribution in [2.45, 2.75) is 32.7 Å². The van der Waals surface area contributed by atoms with Crippen molar-refractivity contribution < 1.29 is 9.18 Å². The number of carbonyl (C=O) groups is 1. The summed E-state index contributed by atoms with van der Waals surface area (Å²) >= 11 is 0. The number of hydrogen-bond acceptors (Lipinski definition) is 2. The molecule has 0 fully saturated rings. The van der Waals surface area contributed by atoms with E-state index in [2.05, 4.69) is 10.6 Å². The Labute approximate surface area is 108 Å². The number of amides is 1. The molecule has 1 aromatic carbocycles. The largest absolute Gasteiger partial charge is 0.354 e. The second kappa shape index (κ2) is 7.82. The molecular weight excluding hydrogens is 231 g/mol. The van der Waals surface area contributed by atoms with E-state index in [-0.39, 0.29) is 17.8 Å². The fourth-order valence-electron chi connectivity index (χ4n) is 1.60. The van der Waals surface area contributed by atoms with Gasteiger partial charge in [-0.25, -0.2) is 4.39 Å². The molecule has 4 heteroatoms. The van der Waals surface area contributed by atoms with E-state index in [1.165, 1.54) is 12.1 Å². The Morgan fingerprint density at radius 2 is 1.89 bits per heavy atom. The average molecular weight is 252 g/mol. The van der Waals surface area contributed by atoms with Crippen molar-refractivity contribution in [3.8, 4) is 0 Å². The first-order valence-corrected chi connectivity index (χ1v) is 6.32. The third-order valence-corrected chi connectivity index (χ3v) is 2.48. The summed E-state index contributed by atoms with van der Waals surface area (Å²) < 4.78 is 12.7. The number of rotatable bonds is 7. The zero-order valence-electron chi connectivity index (χ0n) is 11.0. The smallest absolute Gasteiger partial charge is 0.221 e. The fraction of sp³-hybridized carbons (Fsp3) is 0.500. The van der Waals surface area contributed by atoms with E-state index in [0.717, 1.165) is 18.5 Å². The van der Waals surface area contributed by atoms with Crippen LogP contribution >= 0.6 is 0 Å². The van der Waals surface area contributed by atoms with Crippen LogP contribution in [0.4, 0.5) is 4.39 Å². The monoisotopic (exact) mass is 252 g/mol. The summed E-state index contributed by atoms with van der Waals surface area (Å²) in [5, 5.41) is 6.04. The van der Waals surface area contributed by atoms with Crippen molar-refractivity contribution in [2.75, 3.05) is 13.1 Å². The molecule has 3 nitrogen and oxygen atoms in total. The van der Waals surface area contributed by atoms with E-state index in [1.807, 2.05) is 13.8 Å². The van der Waals surface area contributed by atoms with Crippen LogP contribution in [0, 0.1) is 5.82 Å². The van der Waals surface area contributed by atoms with Crippen LogP contribution in [0.15, 0.2) is 24.3 Å². The summed E-state index contributed by atoms with van der Waals surface area (Å²) in [6, 6.07) is 6.68. The van der Waals surface area contributed by atoms with Crippen LogP contribution in [0.3, 0.4) is 0 Å². The van der Waals surface area contributed by atoms with Gasteiger partial charge < -0.3 is 10.6 Å². The van der Waals surface area contributed by atoms with Crippen molar-refractivity contribution >= 4 is 5.91 Å². The normalized spacial score (nSPS) is 10.7. The van der Waals surface area contributed by atoms with Gasteiger partial charge in [0, 0.05) is 19.0 Å². The zero-order chi connectivity index (χ0) is 13.4. The molecule has 0 radical (unpaired) electrons. The molecule has 0 spiro atoms. The van der Waals surface area contributed by atoms with E-state index >= 15 is 0 Å². The van der Waals surface area contributed by atoms with Gasteiger partial charge in [-0.3, -0.25) is 4.79 Å². The van der Waals surface area contributed by atoms with Crippen molar-refractivity contribution in [3.63, 3.8) is 0 Å². The summed E-state index contributed by atoms with van der Waals surface area (Å²) in [6.45, 7) is 5.35. The van der Waals surface area contributed by atoms with Crippen molar-refractivity contribution in [2.24, 2.45) is 0 Å². The molecule has 1 rings (SSSR count). The minimum absolute atomic E-state index is 0.0688. The standard InChI is InChI=1S/C14H21FN2O/c1-11(2)17-14(18)8-10-16-9-7-12-3-5-13(15)6-4-12/h3-6,11,16H,7-10H2,1-2H3,(H,17,18). The Bertz CT molecular complexity index is 363. The van der Waals surface area contributed by atoms with Crippen LogP contribution in [-0.2, 0) is 11.2 Å². The summed E-state index contributed by atoms with van der Waals surface area (Å²) in [6.07, 6.45) is 1.33. The van der Waals surface area contributed by atoms with E-state index in [0.29, 0.717) is 13.0 Å². The Morgan fingerprint density at radius 3 is 2.50 bits per heavy atom. The molecule has 0 saturated heterocycles. The minimum atomic E-state index is -0.211. The van der Waals surface area contributed by atoms with E-state index in [4.69, 9.17) is 0 Å². The number of halogens is 1. The van der Waals surface area contributed by atoms with Crippen LogP contribution in [0.25, 0.3) is 0 Å². The second-order valence-electron chi connectivity index (χ2n) is 4.60. The van der Waals surface area contributed by atoms with E-state index < -0.39 is 0 Å². The molecular formula is C14H21FN2O. The van der Waals surface area contributed by atoms with Crippen molar-refractivity contribution in [3.05, 3.63) is 35.6 Å². The first-order chi connectivity index (χ1) is 8.58. The second-order valence-corrected chi connectivity index (χ2v) is 4.60. The summed E-state index contributed by atoms with van der Waals surface area (Å²) in [5.41, 5.74) is 1.09. The maximum absolute atomic E-state index is 12.7. The SMILES string of the molecule is CC(C)NC(=O)CCNCCc1ccc(F)cc1. The van der Waals surface area contributed by atoms with Gasteiger partial charge in [0.2, 0.25) is 5.91 Å². The topological polar surface area (TPSA) is 41.1 Å². The summed E-state index contributed by atoms with van der Waals surface area (Å²) in [5.74, 6) is -0.142. The van der Waals surface area contributed by atoms with Crippen LogP contribution in [0.2, 0.25) is 0 Å². The number of nitrogens with one attached hydrogen (secondary N) is 2. The lowest BCUT2D eigenvalue weighted by Crippen LogP contribution is -2.32. The molecule has 2 N–H and O–H groups in total. The van der Waals surface area contributed by atoms with Crippen molar-refractivity contribution in [1.82, 2.24) is 10.6 Å². The fourth-order valence-corrected chi connectivity index (χ4v) is 1.60. The van der Waals surface area contributed by atoms with E-state index in [9.17, 15) is 9.18 Å². The number of hydrogen-bond donors (Lipinski definition) is 2. The highest BCUT2D eigenvalue weighted by molar-refractivity contribution is 5.76. The lowest BCUT2D eigenvalue weighted by Gasteiger charge is -2.08. The van der Waals surface area contributed by atoms with Gasteiger partial charge in [0.25, 0.3) is 0 Å². The van der Waals surface area contributed by atoms with Gasteiger partial charge >= 0.3 is 0 Å². The zero-order valence-corrected chi connectivity index (χ0v) is 11.0. The van der Waals surface area contributed by atoms with E-state index in [1.54, 1.807) is 12.1 Å². The molecule has 1 amide bonds. The Kier molecular flexibility index (Phi) is 6.36. The highest BCUT2D eigenvalue weighted by Gasteiger charge is 2.02. The quantitative estimate of drug-likeness (QED) is 0.727. The molecule has 0 atom stereocenters.